The van der Waals surface area contributed by atoms with Gasteiger partial charge in [0.1, 0.15) is 0 Å². The second-order valence-corrected chi connectivity index (χ2v) is 4.82. The van der Waals surface area contributed by atoms with E-state index in [1.54, 1.807) is 0 Å². The van der Waals surface area contributed by atoms with E-state index in [2.05, 4.69) is 0 Å². The first kappa shape index (κ1) is 17.9. The molecule has 0 aromatic heterocycles. The Labute approximate surface area is 115 Å². The summed E-state index contributed by atoms with van der Waals surface area (Å²) in [5.41, 5.74) is -1.91. The highest BCUT2D eigenvalue weighted by atomic mass is 16.4. The van der Waals surface area contributed by atoms with Gasteiger partial charge in [-0.05, 0) is 19.8 Å². The summed E-state index contributed by atoms with van der Waals surface area (Å²) >= 11 is 0. The van der Waals surface area contributed by atoms with Crippen molar-refractivity contribution in [2.75, 3.05) is 0 Å². The Morgan fingerprint density at radius 3 is 1.80 bits per heavy atom. The molecular formula is C12H18O8. The van der Waals surface area contributed by atoms with Gasteiger partial charge in [-0.15, -0.1) is 0 Å². The molecule has 0 fully saturated rings. The van der Waals surface area contributed by atoms with E-state index in [0.29, 0.717) is 0 Å². The summed E-state index contributed by atoms with van der Waals surface area (Å²) in [4.78, 5) is 43.0. The van der Waals surface area contributed by atoms with Gasteiger partial charge in [-0.3, -0.25) is 19.2 Å². The Morgan fingerprint density at radius 2 is 1.45 bits per heavy atom. The number of carboxylic acid groups (broad SMARTS) is 4. The van der Waals surface area contributed by atoms with Crippen LogP contribution in [-0.2, 0) is 19.2 Å². The van der Waals surface area contributed by atoms with Gasteiger partial charge in [0.2, 0.25) is 0 Å². The van der Waals surface area contributed by atoms with E-state index in [1.165, 1.54) is 0 Å². The van der Waals surface area contributed by atoms with Crippen LogP contribution in [0.1, 0.15) is 39.0 Å². The SMILES string of the molecule is CC(CCCCC(CC(=O)O)C(=O)O)(C(=O)O)C(=O)O. The van der Waals surface area contributed by atoms with Crippen LogP contribution < -0.4 is 0 Å². The minimum atomic E-state index is -1.91. The summed E-state index contributed by atoms with van der Waals surface area (Å²) in [5.74, 6) is -6.41. The van der Waals surface area contributed by atoms with Gasteiger partial charge in [-0.25, -0.2) is 0 Å². The van der Waals surface area contributed by atoms with E-state index >= 15 is 0 Å². The summed E-state index contributed by atoms with van der Waals surface area (Å²) in [6.45, 7) is 1.09. The summed E-state index contributed by atoms with van der Waals surface area (Å²) in [6.07, 6.45) is -0.141. The maximum atomic E-state index is 10.9. The second kappa shape index (κ2) is 7.46. The standard InChI is InChI=1S/C12H18O8/c1-12(10(17)18,11(19)20)5-3-2-4-7(9(15)16)6-8(13)14/h7H,2-6H2,1H3,(H,13,14)(H,15,16)(H,17,18)(H,19,20). The van der Waals surface area contributed by atoms with Gasteiger partial charge in [0.05, 0.1) is 12.3 Å². The van der Waals surface area contributed by atoms with Crippen molar-refractivity contribution >= 4 is 23.9 Å². The quantitative estimate of drug-likeness (QED) is 0.342. The minimum absolute atomic E-state index is 0.0664. The molecule has 1 atom stereocenters. The van der Waals surface area contributed by atoms with E-state index in [0.717, 1.165) is 6.92 Å². The molecule has 0 saturated heterocycles. The smallest absolute Gasteiger partial charge is 0.320 e. The Balaban J connectivity index is 4.35. The molecule has 0 aliphatic rings. The fraction of sp³-hybridized carbons (Fsp3) is 0.667. The fourth-order valence-electron chi connectivity index (χ4n) is 1.70. The zero-order valence-electron chi connectivity index (χ0n) is 11.0. The Bertz CT molecular complexity index is 386. The predicted molar refractivity (Wildman–Crippen MR) is 65.2 cm³/mol. The number of hydrogen-bond acceptors (Lipinski definition) is 4. The van der Waals surface area contributed by atoms with Crippen LogP contribution in [0.25, 0.3) is 0 Å². The number of hydrogen-bond donors (Lipinski definition) is 4. The molecule has 20 heavy (non-hydrogen) atoms. The topological polar surface area (TPSA) is 149 Å². The summed E-state index contributed by atoms with van der Waals surface area (Å²) < 4.78 is 0. The highest BCUT2D eigenvalue weighted by Gasteiger charge is 2.40. The van der Waals surface area contributed by atoms with E-state index in [9.17, 15) is 19.2 Å². The first-order valence-corrected chi connectivity index (χ1v) is 6.02. The summed E-state index contributed by atoms with van der Waals surface area (Å²) in [6, 6.07) is 0. The molecular weight excluding hydrogens is 272 g/mol. The molecule has 8 heteroatoms. The van der Waals surface area contributed by atoms with Crippen molar-refractivity contribution in [3.8, 4) is 0 Å². The van der Waals surface area contributed by atoms with Crippen molar-refractivity contribution < 1.29 is 39.6 Å². The van der Waals surface area contributed by atoms with Crippen LogP contribution in [0.3, 0.4) is 0 Å². The van der Waals surface area contributed by atoms with Crippen molar-refractivity contribution in [3.63, 3.8) is 0 Å². The third kappa shape index (κ3) is 5.25. The molecule has 0 rings (SSSR count). The average Bonchev–Trinajstić information content (AvgIpc) is 2.31. The van der Waals surface area contributed by atoms with E-state index in [1.807, 2.05) is 0 Å². The second-order valence-electron chi connectivity index (χ2n) is 4.82. The van der Waals surface area contributed by atoms with Crippen molar-refractivity contribution in [2.45, 2.75) is 39.0 Å². The van der Waals surface area contributed by atoms with E-state index in [-0.39, 0.29) is 25.7 Å². The molecule has 8 nitrogen and oxygen atoms in total. The molecule has 0 radical (unpaired) electrons. The number of carboxylic acids is 4. The van der Waals surface area contributed by atoms with Gasteiger partial charge in [0, 0.05) is 0 Å². The zero-order chi connectivity index (χ0) is 15.9. The van der Waals surface area contributed by atoms with Gasteiger partial charge in [-0.1, -0.05) is 12.8 Å². The van der Waals surface area contributed by atoms with Crippen LogP contribution in [0.4, 0.5) is 0 Å². The lowest BCUT2D eigenvalue weighted by Gasteiger charge is -2.19. The molecule has 0 aliphatic heterocycles. The number of aliphatic carboxylic acids is 4. The summed E-state index contributed by atoms with van der Waals surface area (Å²) in [5, 5.41) is 35.1. The van der Waals surface area contributed by atoms with Crippen molar-refractivity contribution in [2.24, 2.45) is 11.3 Å². The van der Waals surface area contributed by atoms with Crippen molar-refractivity contribution in [1.82, 2.24) is 0 Å². The monoisotopic (exact) mass is 290 g/mol. The lowest BCUT2D eigenvalue weighted by atomic mass is 9.84. The van der Waals surface area contributed by atoms with Gasteiger partial charge in [-0.2, -0.15) is 0 Å². The highest BCUT2D eigenvalue weighted by molar-refractivity contribution is 5.97. The molecule has 0 saturated carbocycles. The van der Waals surface area contributed by atoms with Crippen LogP contribution in [0.5, 0.6) is 0 Å². The van der Waals surface area contributed by atoms with E-state index < -0.39 is 41.6 Å². The number of carbonyl (C=O) groups is 4. The molecule has 1 unspecified atom stereocenters. The minimum Gasteiger partial charge on any atom is -0.481 e. The number of rotatable bonds is 10. The van der Waals surface area contributed by atoms with Gasteiger partial charge >= 0.3 is 23.9 Å². The molecule has 0 amide bonds. The highest BCUT2D eigenvalue weighted by Crippen LogP contribution is 2.26. The Hall–Kier alpha value is -2.12. The van der Waals surface area contributed by atoms with Gasteiger partial charge in [0.25, 0.3) is 0 Å². The molecule has 0 aromatic carbocycles. The van der Waals surface area contributed by atoms with E-state index in [4.69, 9.17) is 20.4 Å². The Morgan fingerprint density at radius 1 is 0.950 bits per heavy atom. The van der Waals surface area contributed by atoms with Crippen molar-refractivity contribution in [3.05, 3.63) is 0 Å². The molecule has 0 spiro atoms. The predicted octanol–water partition coefficient (Wildman–Crippen LogP) is 0.898. The molecule has 4 N–H and O–H groups in total. The first-order valence-electron chi connectivity index (χ1n) is 6.02. The van der Waals surface area contributed by atoms with Gasteiger partial charge < -0.3 is 20.4 Å². The van der Waals surface area contributed by atoms with Gasteiger partial charge in [0.15, 0.2) is 5.41 Å². The maximum absolute atomic E-state index is 10.9. The first-order chi connectivity index (χ1) is 9.11. The average molecular weight is 290 g/mol. The summed E-state index contributed by atoms with van der Waals surface area (Å²) in [7, 11) is 0. The molecule has 0 bridgehead atoms. The van der Waals surface area contributed by atoms with Crippen LogP contribution in [-0.4, -0.2) is 44.3 Å². The largest absolute Gasteiger partial charge is 0.481 e. The van der Waals surface area contributed by atoms with Crippen LogP contribution in [0.15, 0.2) is 0 Å². The molecule has 114 valence electrons. The maximum Gasteiger partial charge on any atom is 0.320 e. The zero-order valence-corrected chi connectivity index (χ0v) is 11.0. The molecule has 0 aromatic rings. The normalized spacial score (nSPS) is 12.7. The lowest BCUT2D eigenvalue weighted by Crippen LogP contribution is -2.36. The lowest BCUT2D eigenvalue weighted by molar-refractivity contribution is -0.164. The third-order valence-electron chi connectivity index (χ3n) is 3.19. The third-order valence-corrected chi connectivity index (χ3v) is 3.19. The number of unbranched alkanes of at least 4 members (excludes halogenated alkanes) is 1. The Kier molecular flexibility index (Phi) is 6.67. The van der Waals surface area contributed by atoms with Crippen molar-refractivity contribution in [1.29, 1.82) is 0 Å². The van der Waals surface area contributed by atoms with Crippen LogP contribution in [0, 0.1) is 11.3 Å². The van der Waals surface area contributed by atoms with Crippen LogP contribution >= 0.6 is 0 Å². The molecule has 0 heterocycles. The molecule has 0 aliphatic carbocycles. The van der Waals surface area contributed by atoms with Crippen LogP contribution in [0.2, 0.25) is 0 Å². The fourth-order valence-corrected chi connectivity index (χ4v) is 1.70.